The average molecular weight is 308 g/mol. The molecule has 0 N–H and O–H groups in total. The minimum Gasteiger partial charge on any atom is -0.434 e. The van der Waals surface area contributed by atoms with Crippen LogP contribution in [0, 0.1) is 0 Å². The summed E-state index contributed by atoms with van der Waals surface area (Å²) in [7, 11) is 0. The van der Waals surface area contributed by atoms with Crippen LogP contribution in [0.5, 0.6) is 5.75 Å². The van der Waals surface area contributed by atoms with Gasteiger partial charge in [-0.3, -0.25) is 4.68 Å². The number of rotatable bonds is 4. The van der Waals surface area contributed by atoms with Gasteiger partial charge in [0.25, 0.3) is 0 Å². The molecule has 0 saturated heterocycles. The second-order valence-electron chi connectivity index (χ2n) is 3.54. The van der Waals surface area contributed by atoms with Crippen LogP contribution in [0.3, 0.4) is 0 Å². The van der Waals surface area contributed by atoms with E-state index in [1.807, 2.05) is 6.92 Å². The van der Waals surface area contributed by atoms with Gasteiger partial charge in [0.1, 0.15) is 10.9 Å². The third-order valence-corrected chi connectivity index (χ3v) is 2.88. The van der Waals surface area contributed by atoms with Gasteiger partial charge in [0.05, 0.1) is 22.5 Å². The van der Waals surface area contributed by atoms with Crippen LogP contribution in [-0.4, -0.2) is 21.4 Å². The van der Waals surface area contributed by atoms with Crippen molar-refractivity contribution in [1.29, 1.82) is 0 Å². The van der Waals surface area contributed by atoms with E-state index in [2.05, 4.69) is 14.8 Å². The fourth-order valence-electron chi connectivity index (χ4n) is 1.65. The summed E-state index contributed by atoms with van der Waals surface area (Å²) in [5.41, 5.74) is 0.776. The summed E-state index contributed by atoms with van der Waals surface area (Å²) in [4.78, 5) is 3.86. The number of aryl methyl sites for hydroxylation is 1. The zero-order valence-corrected chi connectivity index (χ0v) is 11.3. The van der Waals surface area contributed by atoms with Crippen LogP contribution in [0.2, 0.25) is 10.2 Å². The molecule has 0 atom stereocenters. The Morgan fingerprint density at radius 1 is 1.37 bits per heavy atom. The molecule has 2 aromatic rings. The molecular formula is C11H9Cl2F2N3O. The summed E-state index contributed by atoms with van der Waals surface area (Å²) in [5, 5.41) is 4.41. The Labute approximate surface area is 117 Å². The predicted octanol–water partition coefficient (Wildman–Crippen LogP) is 3.87. The standard InChI is InChI=1S/C11H9Cl2F2N3O/c1-2-18-10(7(12)5-17-18)6-4-16-9(13)3-8(6)19-11(14)15/h3-5,11H,2H2,1H3. The Morgan fingerprint density at radius 2 is 2.11 bits per heavy atom. The maximum atomic E-state index is 12.4. The molecule has 0 aliphatic heterocycles. The third kappa shape index (κ3) is 2.96. The molecule has 2 heterocycles. The molecule has 2 aromatic heterocycles. The van der Waals surface area contributed by atoms with Crippen LogP contribution in [0.15, 0.2) is 18.5 Å². The number of pyridine rings is 1. The van der Waals surface area contributed by atoms with Gasteiger partial charge in [-0.05, 0) is 6.92 Å². The molecule has 0 aromatic carbocycles. The lowest BCUT2D eigenvalue weighted by atomic mass is 10.2. The number of halogens is 4. The first-order valence-electron chi connectivity index (χ1n) is 5.35. The minimum absolute atomic E-state index is 0.0538. The molecule has 2 rings (SSSR count). The molecule has 0 radical (unpaired) electrons. The van der Waals surface area contributed by atoms with E-state index in [1.54, 1.807) is 4.68 Å². The maximum absolute atomic E-state index is 12.4. The van der Waals surface area contributed by atoms with Crippen molar-refractivity contribution in [2.24, 2.45) is 0 Å². The van der Waals surface area contributed by atoms with Crippen molar-refractivity contribution >= 4 is 23.2 Å². The van der Waals surface area contributed by atoms with Crippen molar-refractivity contribution < 1.29 is 13.5 Å². The molecule has 0 saturated carbocycles. The SMILES string of the molecule is CCn1ncc(Cl)c1-c1cnc(Cl)cc1OC(F)F. The Balaban J connectivity index is 2.57. The van der Waals surface area contributed by atoms with Gasteiger partial charge in [0.2, 0.25) is 0 Å². The Kier molecular flexibility index (Phi) is 4.21. The molecule has 0 spiro atoms. The predicted molar refractivity (Wildman–Crippen MR) is 67.8 cm³/mol. The van der Waals surface area contributed by atoms with Crippen molar-refractivity contribution in [2.45, 2.75) is 20.1 Å². The summed E-state index contributed by atoms with van der Waals surface area (Å²) >= 11 is 11.7. The molecule has 0 aliphatic rings. The van der Waals surface area contributed by atoms with Crippen LogP contribution in [-0.2, 0) is 6.54 Å². The number of hydrogen-bond donors (Lipinski definition) is 0. The Hall–Kier alpha value is -1.40. The fraction of sp³-hybridized carbons (Fsp3) is 0.273. The van der Waals surface area contributed by atoms with Gasteiger partial charge in [-0.25, -0.2) is 4.98 Å². The summed E-state index contributed by atoms with van der Waals surface area (Å²) < 4.78 is 30.8. The molecule has 0 fully saturated rings. The first kappa shape index (κ1) is 14.0. The molecule has 0 unspecified atom stereocenters. The molecule has 102 valence electrons. The number of ether oxygens (including phenoxy) is 1. The van der Waals surface area contributed by atoms with Crippen molar-refractivity contribution in [1.82, 2.24) is 14.8 Å². The highest BCUT2D eigenvalue weighted by Gasteiger charge is 2.18. The van der Waals surface area contributed by atoms with Crippen LogP contribution < -0.4 is 4.74 Å². The van der Waals surface area contributed by atoms with Crippen LogP contribution in [0.4, 0.5) is 8.78 Å². The van der Waals surface area contributed by atoms with Gasteiger partial charge in [-0.2, -0.15) is 13.9 Å². The second kappa shape index (κ2) is 5.71. The van der Waals surface area contributed by atoms with Gasteiger partial charge < -0.3 is 4.74 Å². The van der Waals surface area contributed by atoms with Crippen LogP contribution >= 0.6 is 23.2 Å². The monoisotopic (exact) mass is 307 g/mol. The molecule has 0 amide bonds. The van der Waals surface area contributed by atoms with E-state index in [4.69, 9.17) is 23.2 Å². The highest BCUT2D eigenvalue weighted by atomic mass is 35.5. The van der Waals surface area contributed by atoms with Gasteiger partial charge >= 0.3 is 6.61 Å². The topological polar surface area (TPSA) is 39.9 Å². The van der Waals surface area contributed by atoms with Crippen molar-refractivity contribution in [3.63, 3.8) is 0 Å². The zero-order chi connectivity index (χ0) is 14.0. The normalized spacial score (nSPS) is 11.1. The first-order valence-corrected chi connectivity index (χ1v) is 6.10. The van der Waals surface area contributed by atoms with Crippen LogP contribution in [0.1, 0.15) is 6.92 Å². The highest BCUT2D eigenvalue weighted by Crippen LogP contribution is 2.36. The van der Waals surface area contributed by atoms with E-state index in [9.17, 15) is 8.78 Å². The fourth-order valence-corrected chi connectivity index (χ4v) is 2.05. The number of nitrogens with zero attached hydrogens (tertiary/aromatic N) is 3. The summed E-state index contributed by atoms with van der Waals surface area (Å²) in [6.07, 6.45) is 2.76. The zero-order valence-electron chi connectivity index (χ0n) is 9.78. The van der Waals surface area contributed by atoms with E-state index in [0.29, 0.717) is 22.8 Å². The first-order chi connectivity index (χ1) is 9.02. The largest absolute Gasteiger partial charge is 0.434 e. The van der Waals surface area contributed by atoms with Gasteiger partial charge in [0.15, 0.2) is 0 Å². The smallest absolute Gasteiger partial charge is 0.387 e. The summed E-state index contributed by atoms with van der Waals surface area (Å²) in [6.45, 7) is -0.586. The quantitative estimate of drug-likeness (QED) is 0.805. The van der Waals surface area contributed by atoms with E-state index >= 15 is 0 Å². The summed E-state index contributed by atoms with van der Waals surface area (Å²) in [5.74, 6) is -0.0906. The lowest BCUT2D eigenvalue weighted by Crippen LogP contribution is -2.06. The van der Waals surface area contributed by atoms with E-state index < -0.39 is 6.61 Å². The second-order valence-corrected chi connectivity index (χ2v) is 4.33. The molecule has 8 heteroatoms. The Bertz CT molecular complexity index is 589. The molecule has 4 nitrogen and oxygen atoms in total. The van der Waals surface area contributed by atoms with Crippen molar-refractivity contribution in [2.75, 3.05) is 0 Å². The van der Waals surface area contributed by atoms with E-state index in [1.165, 1.54) is 18.5 Å². The molecule has 19 heavy (non-hydrogen) atoms. The third-order valence-electron chi connectivity index (χ3n) is 2.40. The van der Waals surface area contributed by atoms with Crippen molar-refractivity contribution in [3.8, 4) is 17.0 Å². The molecule has 0 aliphatic carbocycles. The van der Waals surface area contributed by atoms with Gasteiger partial charge in [0, 0.05) is 18.8 Å². The van der Waals surface area contributed by atoms with E-state index in [-0.39, 0.29) is 10.9 Å². The lowest BCUT2D eigenvalue weighted by Gasteiger charge is -2.12. The van der Waals surface area contributed by atoms with E-state index in [0.717, 1.165) is 0 Å². The highest BCUT2D eigenvalue weighted by molar-refractivity contribution is 6.33. The van der Waals surface area contributed by atoms with Gasteiger partial charge in [-0.15, -0.1) is 0 Å². The van der Waals surface area contributed by atoms with Crippen LogP contribution in [0.25, 0.3) is 11.3 Å². The van der Waals surface area contributed by atoms with Crippen molar-refractivity contribution in [3.05, 3.63) is 28.6 Å². The minimum atomic E-state index is -2.96. The number of alkyl halides is 2. The molecule has 0 bridgehead atoms. The maximum Gasteiger partial charge on any atom is 0.387 e. The number of aromatic nitrogens is 3. The van der Waals surface area contributed by atoms with Gasteiger partial charge in [-0.1, -0.05) is 23.2 Å². The molecular weight excluding hydrogens is 299 g/mol. The average Bonchev–Trinajstić information content (AvgIpc) is 2.70. The Morgan fingerprint density at radius 3 is 2.74 bits per heavy atom. The lowest BCUT2D eigenvalue weighted by molar-refractivity contribution is -0.0495. The number of hydrogen-bond acceptors (Lipinski definition) is 3. The summed E-state index contributed by atoms with van der Waals surface area (Å²) in [6, 6.07) is 1.21.